The van der Waals surface area contributed by atoms with E-state index in [1.807, 2.05) is 22.9 Å². The lowest BCUT2D eigenvalue weighted by molar-refractivity contribution is 0.408. The maximum Gasteiger partial charge on any atom is 0.236 e. The Morgan fingerprint density at radius 2 is 1.96 bits per heavy atom. The highest BCUT2D eigenvalue weighted by atomic mass is 35.5. The Kier molecular flexibility index (Phi) is 4.13. The third-order valence-corrected chi connectivity index (χ3v) is 4.83. The van der Waals surface area contributed by atoms with Gasteiger partial charge in [-0.05, 0) is 31.4 Å². The molecule has 0 aliphatic carbocycles. The van der Waals surface area contributed by atoms with Crippen molar-refractivity contribution in [3.63, 3.8) is 0 Å². The van der Waals surface area contributed by atoms with E-state index in [1.165, 1.54) is 32.4 Å². The molecule has 1 saturated heterocycles. The van der Waals surface area contributed by atoms with Crippen LogP contribution in [0.5, 0.6) is 11.5 Å². The summed E-state index contributed by atoms with van der Waals surface area (Å²) < 4.78 is 6.97. The number of aromatic hydroxyl groups is 1. The molecule has 3 heterocycles. The van der Waals surface area contributed by atoms with Crippen LogP contribution in [-0.2, 0) is 0 Å². The number of anilines is 1. The smallest absolute Gasteiger partial charge is 0.236 e. The van der Waals surface area contributed by atoms with Gasteiger partial charge in [-0.15, -0.1) is 0 Å². The Morgan fingerprint density at radius 1 is 1.16 bits per heavy atom. The number of hydrogen-bond donors (Lipinski definition) is 1. The standard InChI is InChI=1S/C18H19ClN4O2/c1-25-16-10-15(24)12(9-13(16)19)14-11-23-8-5-17(21-18(23)20-14)22-6-3-2-4-7-22/h5,8-11,24H,2-4,6-7H2,1H3. The van der Waals surface area contributed by atoms with E-state index in [4.69, 9.17) is 16.3 Å². The molecule has 7 heteroatoms. The molecule has 2 aromatic heterocycles. The number of aromatic nitrogens is 3. The molecule has 0 spiro atoms. The summed E-state index contributed by atoms with van der Waals surface area (Å²) in [6.07, 6.45) is 7.46. The monoisotopic (exact) mass is 358 g/mol. The number of piperidine rings is 1. The molecule has 0 unspecified atom stereocenters. The van der Waals surface area contributed by atoms with Crippen molar-refractivity contribution in [2.75, 3.05) is 25.1 Å². The second-order valence-electron chi connectivity index (χ2n) is 6.17. The molecule has 3 aromatic rings. The fourth-order valence-corrected chi connectivity index (χ4v) is 3.44. The third kappa shape index (κ3) is 2.98. The minimum atomic E-state index is 0.0703. The van der Waals surface area contributed by atoms with Crippen molar-refractivity contribution < 1.29 is 9.84 Å². The highest BCUT2D eigenvalue weighted by molar-refractivity contribution is 6.32. The van der Waals surface area contributed by atoms with E-state index in [0.29, 0.717) is 27.8 Å². The van der Waals surface area contributed by atoms with Crippen molar-refractivity contribution in [2.45, 2.75) is 19.3 Å². The van der Waals surface area contributed by atoms with Crippen LogP contribution in [-0.4, -0.2) is 39.7 Å². The summed E-state index contributed by atoms with van der Waals surface area (Å²) in [7, 11) is 1.51. The van der Waals surface area contributed by atoms with Gasteiger partial charge in [0.2, 0.25) is 5.78 Å². The van der Waals surface area contributed by atoms with Gasteiger partial charge in [0.1, 0.15) is 17.3 Å². The summed E-state index contributed by atoms with van der Waals surface area (Å²) in [5.41, 5.74) is 1.17. The predicted octanol–water partition coefficient (Wildman–Crippen LogP) is 3.75. The Labute approximate surface area is 150 Å². The SMILES string of the molecule is COc1cc(O)c(-c2cn3ccc(N4CCCCC4)nc3n2)cc1Cl. The van der Waals surface area contributed by atoms with Gasteiger partial charge in [0.25, 0.3) is 0 Å². The van der Waals surface area contributed by atoms with Gasteiger partial charge >= 0.3 is 0 Å². The van der Waals surface area contributed by atoms with Crippen LogP contribution in [0, 0.1) is 0 Å². The molecule has 4 rings (SSSR count). The number of hydrogen-bond acceptors (Lipinski definition) is 5. The highest BCUT2D eigenvalue weighted by Crippen LogP contribution is 2.37. The summed E-state index contributed by atoms with van der Waals surface area (Å²) in [6.45, 7) is 2.07. The Balaban J connectivity index is 1.73. The Hall–Kier alpha value is -2.47. The number of phenolic OH excluding ortho intramolecular Hbond substituents is 1. The number of methoxy groups -OCH3 is 1. The van der Waals surface area contributed by atoms with E-state index in [0.717, 1.165) is 18.9 Å². The van der Waals surface area contributed by atoms with Crippen molar-refractivity contribution in [2.24, 2.45) is 0 Å². The van der Waals surface area contributed by atoms with Crippen molar-refractivity contribution in [1.82, 2.24) is 14.4 Å². The van der Waals surface area contributed by atoms with Crippen molar-refractivity contribution in [3.05, 3.63) is 35.6 Å². The molecule has 25 heavy (non-hydrogen) atoms. The lowest BCUT2D eigenvalue weighted by Gasteiger charge is -2.27. The van der Waals surface area contributed by atoms with Crippen LogP contribution in [0.4, 0.5) is 5.82 Å². The summed E-state index contributed by atoms with van der Waals surface area (Å²) >= 11 is 6.18. The van der Waals surface area contributed by atoms with Gasteiger partial charge < -0.3 is 14.7 Å². The molecule has 1 N–H and O–H groups in total. The zero-order valence-corrected chi connectivity index (χ0v) is 14.7. The van der Waals surface area contributed by atoms with Crippen LogP contribution >= 0.6 is 11.6 Å². The molecule has 1 aromatic carbocycles. The van der Waals surface area contributed by atoms with Crippen molar-refractivity contribution >= 4 is 23.2 Å². The van der Waals surface area contributed by atoms with E-state index in [1.54, 1.807) is 6.07 Å². The first-order valence-corrected chi connectivity index (χ1v) is 8.71. The average molecular weight is 359 g/mol. The van der Waals surface area contributed by atoms with Crippen molar-refractivity contribution in [3.8, 4) is 22.8 Å². The maximum absolute atomic E-state index is 10.3. The number of ether oxygens (including phenoxy) is 1. The number of nitrogens with zero attached hydrogens (tertiary/aromatic N) is 4. The highest BCUT2D eigenvalue weighted by Gasteiger charge is 2.16. The van der Waals surface area contributed by atoms with E-state index in [9.17, 15) is 5.11 Å². The summed E-state index contributed by atoms with van der Waals surface area (Å²) in [4.78, 5) is 11.5. The summed E-state index contributed by atoms with van der Waals surface area (Å²) in [5.74, 6) is 2.05. The zero-order chi connectivity index (χ0) is 17.4. The number of phenols is 1. The molecule has 0 saturated carbocycles. The first-order valence-electron chi connectivity index (χ1n) is 8.33. The van der Waals surface area contributed by atoms with Gasteiger partial charge in [0.05, 0.1) is 17.8 Å². The molecule has 1 fully saturated rings. The van der Waals surface area contributed by atoms with Gasteiger partial charge in [0.15, 0.2) is 0 Å². The van der Waals surface area contributed by atoms with Gasteiger partial charge in [-0.2, -0.15) is 4.98 Å². The molecule has 1 aliphatic rings. The van der Waals surface area contributed by atoms with Gasteiger partial charge in [-0.25, -0.2) is 4.98 Å². The van der Waals surface area contributed by atoms with E-state index in [-0.39, 0.29) is 5.75 Å². The zero-order valence-electron chi connectivity index (χ0n) is 13.9. The van der Waals surface area contributed by atoms with Crippen LogP contribution in [0.15, 0.2) is 30.6 Å². The third-order valence-electron chi connectivity index (χ3n) is 4.54. The number of benzene rings is 1. The van der Waals surface area contributed by atoms with Crippen molar-refractivity contribution in [1.29, 1.82) is 0 Å². The minimum absolute atomic E-state index is 0.0703. The minimum Gasteiger partial charge on any atom is -0.507 e. The number of rotatable bonds is 3. The fraction of sp³-hybridized carbons (Fsp3) is 0.333. The second kappa shape index (κ2) is 6.44. The van der Waals surface area contributed by atoms with Gasteiger partial charge in [0, 0.05) is 37.1 Å². The normalized spacial score (nSPS) is 14.9. The Morgan fingerprint density at radius 3 is 2.72 bits per heavy atom. The van der Waals surface area contributed by atoms with Crippen LogP contribution in [0.1, 0.15) is 19.3 Å². The number of imidazole rings is 1. The number of fused-ring (bicyclic) bond motifs is 1. The number of halogens is 1. The molecule has 0 atom stereocenters. The molecule has 0 bridgehead atoms. The molecule has 130 valence electrons. The van der Waals surface area contributed by atoms with Crippen LogP contribution in [0.25, 0.3) is 17.0 Å². The topological polar surface area (TPSA) is 62.9 Å². The first kappa shape index (κ1) is 16.0. The fourth-order valence-electron chi connectivity index (χ4n) is 3.20. The molecule has 1 aliphatic heterocycles. The summed E-state index contributed by atoms with van der Waals surface area (Å²) in [6, 6.07) is 5.15. The van der Waals surface area contributed by atoms with E-state index < -0.39 is 0 Å². The van der Waals surface area contributed by atoms with Crippen LogP contribution < -0.4 is 9.64 Å². The average Bonchev–Trinajstić information content (AvgIpc) is 3.07. The molecular weight excluding hydrogens is 340 g/mol. The van der Waals surface area contributed by atoms with Gasteiger partial charge in [-0.3, -0.25) is 4.40 Å². The predicted molar refractivity (Wildman–Crippen MR) is 97.7 cm³/mol. The quantitative estimate of drug-likeness (QED) is 0.772. The lowest BCUT2D eigenvalue weighted by atomic mass is 10.1. The van der Waals surface area contributed by atoms with E-state index >= 15 is 0 Å². The first-order chi connectivity index (χ1) is 12.2. The lowest BCUT2D eigenvalue weighted by Crippen LogP contribution is -2.30. The largest absolute Gasteiger partial charge is 0.507 e. The van der Waals surface area contributed by atoms with Gasteiger partial charge in [-0.1, -0.05) is 11.6 Å². The summed E-state index contributed by atoms with van der Waals surface area (Å²) in [5, 5.41) is 10.7. The molecule has 6 nitrogen and oxygen atoms in total. The maximum atomic E-state index is 10.3. The Bertz CT molecular complexity index is 919. The molecule has 0 radical (unpaired) electrons. The molecular formula is C18H19ClN4O2. The molecule has 0 amide bonds. The second-order valence-corrected chi connectivity index (χ2v) is 6.58. The van der Waals surface area contributed by atoms with Crippen LogP contribution in [0.2, 0.25) is 5.02 Å². The van der Waals surface area contributed by atoms with E-state index in [2.05, 4.69) is 14.9 Å². The van der Waals surface area contributed by atoms with Crippen LogP contribution in [0.3, 0.4) is 0 Å².